The molecule has 0 aliphatic carbocycles. The third-order valence-electron chi connectivity index (χ3n) is 3.86. The van der Waals surface area contributed by atoms with Crippen LogP contribution in [0.25, 0.3) is 22.0 Å². The number of nitrogens with zero attached hydrogens (tertiary/aromatic N) is 1. The number of carbonyl (C=O) groups is 1. The molecule has 0 spiro atoms. The Balaban J connectivity index is 1.98. The first-order valence-electron chi connectivity index (χ1n) is 7.22. The quantitative estimate of drug-likeness (QED) is 0.780. The zero-order chi connectivity index (χ0) is 15.7. The third-order valence-corrected chi connectivity index (χ3v) is 3.86. The number of H-pyrrole nitrogens is 1. The number of fused-ring (bicyclic) bond motifs is 1. The van der Waals surface area contributed by atoms with Crippen LogP contribution in [0.15, 0.2) is 48.7 Å². The largest absolute Gasteiger partial charge is 0.361 e. The molecule has 0 fully saturated rings. The van der Waals surface area contributed by atoms with Crippen LogP contribution in [0.5, 0.6) is 0 Å². The molecular weight excluding hydrogens is 274 g/mol. The van der Waals surface area contributed by atoms with Crippen molar-refractivity contribution in [1.29, 1.82) is 0 Å². The van der Waals surface area contributed by atoms with E-state index in [2.05, 4.69) is 23.2 Å². The summed E-state index contributed by atoms with van der Waals surface area (Å²) < 4.78 is 0. The van der Waals surface area contributed by atoms with Gasteiger partial charge in [0.1, 0.15) is 0 Å². The molecule has 1 heterocycles. The Morgan fingerprint density at radius 3 is 2.41 bits per heavy atom. The van der Waals surface area contributed by atoms with E-state index >= 15 is 0 Å². The van der Waals surface area contributed by atoms with E-state index in [9.17, 15) is 4.79 Å². The van der Waals surface area contributed by atoms with Gasteiger partial charge in [0.2, 0.25) is 0 Å². The van der Waals surface area contributed by atoms with Gasteiger partial charge in [0.05, 0.1) is 0 Å². The molecule has 2 aromatic carbocycles. The molecule has 0 aliphatic heterocycles. The highest BCUT2D eigenvalue weighted by Crippen LogP contribution is 2.26. The topological polar surface area (TPSA) is 62.1 Å². The molecule has 4 heteroatoms. The van der Waals surface area contributed by atoms with Gasteiger partial charge in [-0.3, -0.25) is 4.79 Å². The van der Waals surface area contributed by atoms with Crippen LogP contribution in [0.1, 0.15) is 15.9 Å². The summed E-state index contributed by atoms with van der Waals surface area (Å²) in [5.74, 6) is 0.0121. The number of hydrogen-bond acceptors (Lipinski definition) is 2. The number of hydrogen-bond donors (Lipinski definition) is 2. The number of nitrogens with two attached hydrogens (primary N) is 1. The number of aromatic nitrogens is 1. The fourth-order valence-electron chi connectivity index (χ4n) is 2.59. The molecule has 3 rings (SSSR count). The predicted octanol–water partition coefficient (Wildman–Crippen LogP) is 3.00. The Morgan fingerprint density at radius 1 is 1.09 bits per heavy atom. The molecule has 0 radical (unpaired) electrons. The molecule has 22 heavy (non-hydrogen) atoms. The van der Waals surface area contributed by atoms with Gasteiger partial charge in [-0.05, 0) is 41.0 Å². The number of carbonyl (C=O) groups excluding carboxylic acids is 1. The second-order valence-electron chi connectivity index (χ2n) is 5.56. The molecule has 3 aromatic rings. The smallest absolute Gasteiger partial charge is 0.253 e. The molecule has 0 saturated carbocycles. The summed E-state index contributed by atoms with van der Waals surface area (Å²) in [6.07, 6.45) is 1.95. The monoisotopic (exact) mass is 293 g/mol. The molecule has 3 N–H and O–H groups in total. The van der Waals surface area contributed by atoms with Crippen molar-refractivity contribution < 1.29 is 4.79 Å². The Bertz CT molecular complexity index is 816. The van der Waals surface area contributed by atoms with Crippen LogP contribution in [-0.4, -0.2) is 29.9 Å². The Morgan fingerprint density at radius 2 is 1.77 bits per heavy atom. The number of rotatable bonds is 3. The fraction of sp³-hybridized carbons (Fsp3) is 0.167. The molecule has 4 nitrogen and oxygen atoms in total. The molecule has 0 atom stereocenters. The van der Waals surface area contributed by atoms with E-state index in [0.29, 0.717) is 12.1 Å². The highest BCUT2D eigenvalue weighted by Gasteiger charge is 2.09. The van der Waals surface area contributed by atoms with E-state index in [1.807, 2.05) is 30.5 Å². The van der Waals surface area contributed by atoms with Crippen molar-refractivity contribution in [3.05, 3.63) is 59.8 Å². The van der Waals surface area contributed by atoms with Crippen molar-refractivity contribution in [2.45, 2.75) is 6.54 Å². The molecule has 0 bridgehead atoms. The van der Waals surface area contributed by atoms with Crippen LogP contribution in [0.3, 0.4) is 0 Å². The minimum absolute atomic E-state index is 0.0121. The van der Waals surface area contributed by atoms with Gasteiger partial charge in [-0.15, -0.1) is 0 Å². The van der Waals surface area contributed by atoms with Crippen molar-refractivity contribution >= 4 is 16.8 Å². The Kier molecular flexibility index (Phi) is 3.69. The third kappa shape index (κ3) is 2.49. The van der Waals surface area contributed by atoms with Crippen molar-refractivity contribution in [2.75, 3.05) is 14.1 Å². The maximum absolute atomic E-state index is 11.9. The number of amides is 1. The minimum Gasteiger partial charge on any atom is -0.361 e. The lowest BCUT2D eigenvalue weighted by Crippen LogP contribution is -2.21. The average Bonchev–Trinajstić information content (AvgIpc) is 2.96. The van der Waals surface area contributed by atoms with Gasteiger partial charge in [-0.2, -0.15) is 0 Å². The highest BCUT2D eigenvalue weighted by molar-refractivity contribution is 5.94. The average molecular weight is 293 g/mol. The second-order valence-corrected chi connectivity index (χ2v) is 5.56. The molecule has 0 unspecified atom stereocenters. The number of nitrogens with one attached hydrogen (secondary N) is 1. The lowest BCUT2D eigenvalue weighted by Gasteiger charge is -2.10. The summed E-state index contributed by atoms with van der Waals surface area (Å²) in [5.41, 5.74) is 10.9. The van der Waals surface area contributed by atoms with E-state index in [1.165, 1.54) is 0 Å². The fourth-order valence-corrected chi connectivity index (χ4v) is 2.59. The molecule has 1 aromatic heterocycles. The standard InChI is InChI=1S/C18H19N3O/c1-21(2)18(22)13-5-3-12(4-6-13)14-7-8-17-16(9-14)15(10-19)11-20-17/h3-9,11,20H,10,19H2,1-2H3. The van der Waals surface area contributed by atoms with Crippen molar-refractivity contribution in [3.63, 3.8) is 0 Å². The lowest BCUT2D eigenvalue weighted by molar-refractivity contribution is 0.0827. The summed E-state index contributed by atoms with van der Waals surface area (Å²) in [6.45, 7) is 0.514. The van der Waals surface area contributed by atoms with Crippen LogP contribution in [0.4, 0.5) is 0 Å². The van der Waals surface area contributed by atoms with E-state index in [1.54, 1.807) is 19.0 Å². The van der Waals surface area contributed by atoms with Crippen LogP contribution >= 0.6 is 0 Å². The van der Waals surface area contributed by atoms with Gasteiger partial charge in [-0.25, -0.2) is 0 Å². The molecule has 0 saturated heterocycles. The maximum atomic E-state index is 11.9. The summed E-state index contributed by atoms with van der Waals surface area (Å²) in [5, 5.41) is 1.15. The molecular formula is C18H19N3O. The minimum atomic E-state index is 0.0121. The zero-order valence-electron chi connectivity index (χ0n) is 12.8. The van der Waals surface area contributed by atoms with Gasteiger partial charge in [0, 0.05) is 43.3 Å². The SMILES string of the molecule is CN(C)C(=O)c1ccc(-c2ccc3[nH]cc(CN)c3c2)cc1. The second kappa shape index (κ2) is 5.66. The summed E-state index contributed by atoms with van der Waals surface area (Å²) in [4.78, 5) is 16.7. The van der Waals surface area contributed by atoms with Crippen molar-refractivity contribution in [2.24, 2.45) is 5.73 Å². The molecule has 0 aliphatic rings. The number of benzene rings is 2. The van der Waals surface area contributed by atoms with Crippen LogP contribution < -0.4 is 5.73 Å². The van der Waals surface area contributed by atoms with E-state index in [0.717, 1.165) is 27.6 Å². The number of aromatic amines is 1. The lowest BCUT2D eigenvalue weighted by atomic mass is 10.0. The first kappa shape index (κ1) is 14.4. The predicted molar refractivity (Wildman–Crippen MR) is 89.6 cm³/mol. The van der Waals surface area contributed by atoms with E-state index < -0.39 is 0 Å². The first-order chi connectivity index (χ1) is 10.6. The van der Waals surface area contributed by atoms with Crippen LogP contribution in [0, 0.1) is 0 Å². The normalized spacial score (nSPS) is 10.9. The van der Waals surface area contributed by atoms with Crippen molar-refractivity contribution in [1.82, 2.24) is 9.88 Å². The van der Waals surface area contributed by atoms with Gasteiger partial charge < -0.3 is 15.6 Å². The van der Waals surface area contributed by atoms with E-state index in [-0.39, 0.29) is 5.91 Å². The first-order valence-corrected chi connectivity index (χ1v) is 7.22. The Labute approximate surface area is 129 Å². The summed E-state index contributed by atoms with van der Waals surface area (Å²) in [7, 11) is 3.51. The molecule has 112 valence electrons. The van der Waals surface area contributed by atoms with Gasteiger partial charge in [-0.1, -0.05) is 18.2 Å². The van der Waals surface area contributed by atoms with Crippen molar-refractivity contribution in [3.8, 4) is 11.1 Å². The summed E-state index contributed by atoms with van der Waals surface area (Å²) >= 11 is 0. The van der Waals surface area contributed by atoms with Crippen LogP contribution in [-0.2, 0) is 6.54 Å². The van der Waals surface area contributed by atoms with E-state index in [4.69, 9.17) is 5.73 Å². The summed E-state index contributed by atoms with van der Waals surface area (Å²) in [6, 6.07) is 14.0. The highest BCUT2D eigenvalue weighted by atomic mass is 16.2. The van der Waals surface area contributed by atoms with Gasteiger partial charge in [0.25, 0.3) is 5.91 Å². The van der Waals surface area contributed by atoms with Crippen LogP contribution in [0.2, 0.25) is 0 Å². The zero-order valence-corrected chi connectivity index (χ0v) is 12.8. The Hall–Kier alpha value is -2.59. The maximum Gasteiger partial charge on any atom is 0.253 e. The van der Waals surface area contributed by atoms with Gasteiger partial charge >= 0.3 is 0 Å². The van der Waals surface area contributed by atoms with Gasteiger partial charge in [0.15, 0.2) is 0 Å². The molecule has 1 amide bonds.